The minimum atomic E-state index is -1.88. The molecule has 18 nitrogen and oxygen atoms in total. The highest BCUT2D eigenvalue weighted by atomic mass is 16.7. The Hall–Kier alpha value is -5.59. The number of likely N-dealkylation sites (tertiary alicyclic amines) is 1. The van der Waals surface area contributed by atoms with E-state index in [2.05, 4.69) is 0 Å². The summed E-state index contributed by atoms with van der Waals surface area (Å²) >= 11 is 0. The summed E-state index contributed by atoms with van der Waals surface area (Å²) in [4.78, 5) is 93.1. The van der Waals surface area contributed by atoms with Crippen LogP contribution in [0.2, 0.25) is 0 Å². The van der Waals surface area contributed by atoms with Gasteiger partial charge in [-0.2, -0.15) is 0 Å². The van der Waals surface area contributed by atoms with E-state index in [0.717, 1.165) is 46.6 Å². The number of methoxy groups -OCH3 is 2. The molecule has 4 rings (SSSR count). The Kier molecular flexibility index (Phi) is 16.1. The fourth-order valence-electron chi connectivity index (χ4n) is 7.28. The number of ether oxygens (including phenoxy) is 10. The van der Waals surface area contributed by atoms with Gasteiger partial charge in [0.05, 0.1) is 25.7 Å². The number of nitrogens with zero attached hydrogens (tertiary/aromatic N) is 1. The van der Waals surface area contributed by atoms with Crippen LogP contribution in [-0.4, -0.2) is 122 Å². The molecular formula is C40H49NO17. The van der Waals surface area contributed by atoms with Crippen molar-refractivity contribution in [3.63, 3.8) is 0 Å². The summed E-state index contributed by atoms with van der Waals surface area (Å²) in [6, 6.07) is 14.6. The standard InChI is InChI=1S/C40H49NO17/c1-21-31(53-22(2)42)36(56-25(5)45)35(51-19-27-15-11-9-12-16-27)30(41(21)40(48)52-20-28-17-13-10-14-18-28)32(54-23(3)43)29-33(37(38(47)49-7)57-26(6)46)58-39(50-8)34(29)55-24(4)44/h9-18,21,29-37,39H,19-20H2,1-8H3/t21?,29?,30-,31-,32+,33-,34?,35?,36?,37?,39+/m0/s1. The van der Waals surface area contributed by atoms with Gasteiger partial charge in [0, 0.05) is 41.7 Å². The third-order valence-electron chi connectivity index (χ3n) is 9.42. The van der Waals surface area contributed by atoms with E-state index < -0.39 is 109 Å². The molecule has 18 heteroatoms. The van der Waals surface area contributed by atoms with Gasteiger partial charge in [-0.15, -0.1) is 0 Å². The number of benzene rings is 2. The van der Waals surface area contributed by atoms with Crippen LogP contribution >= 0.6 is 0 Å². The van der Waals surface area contributed by atoms with Gasteiger partial charge in [0.1, 0.15) is 31.0 Å². The quantitative estimate of drug-likeness (QED) is 0.187. The molecule has 6 unspecified atom stereocenters. The first-order chi connectivity index (χ1) is 27.6. The second-order valence-corrected chi connectivity index (χ2v) is 13.6. The summed E-state index contributed by atoms with van der Waals surface area (Å²) in [6.45, 7) is 6.46. The lowest BCUT2D eigenvalue weighted by atomic mass is 9.77. The number of carbonyl (C=O) groups excluding carboxylic acids is 7. The van der Waals surface area contributed by atoms with Gasteiger partial charge in [-0.05, 0) is 18.1 Å². The third kappa shape index (κ3) is 11.3. The van der Waals surface area contributed by atoms with Crippen LogP contribution in [0.5, 0.6) is 0 Å². The van der Waals surface area contributed by atoms with Crippen molar-refractivity contribution >= 4 is 41.9 Å². The number of amides is 1. The van der Waals surface area contributed by atoms with E-state index >= 15 is 0 Å². The molecule has 2 aliphatic heterocycles. The molecule has 0 aliphatic carbocycles. The van der Waals surface area contributed by atoms with Crippen molar-refractivity contribution in [2.45, 2.75) is 116 Å². The zero-order valence-corrected chi connectivity index (χ0v) is 33.4. The molecule has 1 amide bonds. The van der Waals surface area contributed by atoms with Crippen LogP contribution in [0.4, 0.5) is 4.79 Å². The zero-order chi connectivity index (χ0) is 42.7. The van der Waals surface area contributed by atoms with Crippen LogP contribution in [0.1, 0.15) is 52.7 Å². The highest BCUT2D eigenvalue weighted by Crippen LogP contribution is 2.43. The van der Waals surface area contributed by atoms with Crippen molar-refractivity contribution in [3.8, 4) is 0 Å². The molecule has 0 saturated carbocycles. The van der Waals surface area contributed by atoms with E-state index in [1.54, 1.807) is 60.7 Å². The molecule has 0 spiro atoms. The minimum absolute atomic E-state index is 0.197. The molecule has 58 heavy (non-hydrogen) atoms. The van der Waals surface area contributed by atoms with Crippen molar-refractivity contribution < 1.29 is 80.9 Å². The largest absolute Gasteiger partial charge is 0.466 e. The molecule has 2 aromatic rings. The SMILES string of the molecule is COC(=O)C(OC(C)=O)[C@H]1O[C@@H](OC)C(OC(C)=O)C1[C@@H](OC(C)=O)[C@H]1C(OCc2ccccc2)C(OC(C)=O)[C@@H](OC(C)=O)C(C)N1C(=O)OCc1ccccc1. The summed E-state index contributed by atoms with van der Waals surface area (Å²) in [7, 11) is 2.24. The molecule has 2 heterocycles. The van der Waals surface area contributed by atoms with E-state index in [-0.39, 0.29) is 13.2 Å². The number of carbonyl (C=O) groups is 7. The maximum absolute atomic E-state index is 14.6. The number of hydrogen-bond donors (Lipinski definition) is 0. The molecule has 2 aliphatic rings. The van der Waals surface area contributed by atoms with Crippen LogP contribution in [0.3, 0.4) is 0 Å². The van der Waals surface area contributed by atoms with Crippen LogP contribution in [0.15, 0.2) is 60.7 Å². The molecule has 316 valence electrons. The molecule has 0 aromatic heterocycles. The average molecular weight is 816 g/mol. The summed E-state index contributed by atoms with van der Waals surface area (Å²) in [5.74, 6) is -7.01. The summed E-state index contributed by atoms with van der Waals surface area (Å²) in [5, 5.41) is 0. The van der Waals surface area contributed by atoms with Gasteiger partial charge >= 0.3 is 41.9 Å². The number of hydrogen-bond acceptors (Lipinski definition) is 17. The van der Waals surface area contributed by atoms with E-state index in [0.29, 0.717) is 11.1 Å². The third-order valence-corrected chi connectivity index (χ3v) is 9.42. The fourth-order valence-corrected chi connectivity index (χ4v) is 7.28. The first-order valence-electron chi connectivity index (χ1n) is 18.3. The molecular weight excluding hydrogens is 766 g/mol. The number of esters is 6. The van der Waals surface area contributed by atoms with Crippen LogP contribution in [0.25, 0.3) is 0 Å². The van der Waals surface area contributed by atoms with E-state index in [1.165, 1.54) is 14.0 Å². The topological polar surface area (TPSA) is 215 Å². The van der Waals surface area contributed by atoms with Gasteiger partial charge < -0.3 is 47.4 Å². The lowest BCUT2D eigenvalue weighted by Crippen LogP contribution is -2.73. The van der Waals surface area contributed by atoms with Gasteiger partial charge in [-0.25, -0.2) is 9.59 Å². The van der Waals surface area contributed by atoms with Gasteiger partial charge in [0.25, 0.3) is 0 Å². The number of piperidine rings is 1. The Labute approximate surface area is 335 Å². The first kappa shape index (κ1) is 45.1. The Morgan fingerprint density at radius 3 is 1.67 bits per heavy atom. The second kappa shape index (κ2) is 20.7. The smallest absolute Gasteiger partial charge is 0.410 e. The molecule has 11 atom stereocenters. The minimum Gasteiger partial charge on any atom is -0.466 e. The molecule has 0 N–H and O–H groups in total. The average Bonchev–Trinajstić information content (AvgIpc) is 3.52. The Bertz CT molecular complexity index is 1760. The van der Waals surface area contributed by atoms with Crippen molar-refractivity contribution in [3.05, 3.63) is 71.8 Å². The van der Waals surface area contributed by atoms with Gasteiger partial charge in [0.15, 0.2) is 24.6 Å². The van der Waals surface area contributed by atoms with E-state index in [9.17, 15) is 33.6 Å². The van der Waals surface area contributed by atoms with Crippen molar-refractivity contribution in [2.75, 3.05) is 14.2 Å². The molecule has 0 radical (unpaired) electrons. The lowest BCUT2D eigenvalue weighted by Gasteiger charge is -2.53. The molecule has 2 saturated heterocycles. The lowest BCUT2D eigenvalue weighted by molar-refractivity contribution is -0.230. The summed E-state index contributed by atoms with van der Waals surface area (Å²) in [6.07, 6.45) is -13.8. The predicted molar refractivity (Wildman–Crippen MR) is 196 cm³/mol. The predicted octanol–water partition coefficient (Wildman–Crippen LogP) is 2.80. The fraction of sp³-hybridized carbons (Fsp3) is 0.525. The van der Waals surface area contributed by atoms with Crippen molar-refractivity contribution in [1.29, 1.82) is 0 Å². The van der Waals surface area contributed by atoms with Crippen molar-refractivity contribution in [1.82, 2.24) is 4.90 Å². The highest BCUT2D eigenvalue weighted by molar-refractivity contribution is 5.79. The molecule has 2 aromatic carbocycles. The van der Waals surface area contributed by atoms with E-state index in [4.69, 9.17) is 47.4 Å². The zero-order valence-electron chi connectivity index (χ0n) is 33.4. The van der Waals surface area contributed by atoms with Gasteiger partial charge in [-0.3, -0.25) is 28.9 Å². The monoisotopic (exact) mass is 815 g/mol. The Morgan fingerprint density at radius 1 is 0.655 bits per heavy atom. The van der Waals surface area contributed by atoms with Crippen LogP contribution in [-0.2, 0) is 89.3 Å². The van der Waals surface area contributed by atoms with Crippen LogP contribution < -0.4 is 0 Å². The highest BCUT2D eigenvalue weighted by Gasteiger charge is 2.64. The van der Waals surface area contributed by atoms with Crippen LogP contribution in [0, 0.1) is 5.92 Å². The van der Waals surface area contributed by atoms with E-state index in [1.807, 2.05) is 0 Å². The summed E-state index contributed by atoms with van der Waals surface area (Å²) < 4.78 is 57.9. The first-order valence-corrected chi connectivity index (χ1v) is 18.3. The number of rotatable bonds is 15. The normalized spacial score (nSPS) is 26.3. The maximum Gasteiger partial charge on any atom is 0.410 e. The Morgan fingerprint density at radius 2 is 1.17 bits per heavy atom. The Balaban J connectivity index is 2.05. The van der Waals surface area contributed by atoms with Crippen molar-refractivity contribution in [2.24, 2.45) is 5.92 Å². The molecule has 0 bridgehead atoms. The molecule has 2 fully saturated rings. The summed E-state index contributed by atoms with van der Waals surface area (Å²) in [5.41, 5.74) is 1.22. The maximum atomic E-state index is 14.6. The van der Waals surface area contributed by atoms with Gasteiger partial charge in [-0.1, -0.05) is 60.7 Å². The second-order valence-electron chi connectivity index (χ2n) is 13.6. The van der Waals surface area contributed by atoms with Gasteiger partial charge in [0.2, 0.25) is 6.10 Å².